The maximum absolute atomic E-state index is 12.5. The third-order valence-electron chi connectivity index (χ3n) is 2.87. The van der Waals surface area contributed by atoms with Crippen LogP contribution in [0.5, 0.6) is 0 Å². The zero-order valence-electron chi connectivity index (χ0n) is 9.80. The van der Waals surface area contributed by atoms with Gasteiger partial charge in [-0.1, -0.05) is 42.5 Å². The molecular weight excluding hydrogens is 371 g/mol. The van der Waals surface area contributed by atoms with E-state index in [-0.39, 0.29) is 5.43 Å². The van der Waals surface area contributed by atoms with Crippen LogP contribution in [0.3, 0.4) is 0 Å². The summed E-state index contributed by atoms with van der Waals surface area (Å²) in [4.78, 5) is 13.1. The van der Waals surface area contributed by atoms with Crippen molar-refractivity contribution in [2.24, 2.45) is 0 Å². The van der Waals surface area contributed by atoms with Crippen molar-refractivity contribution < 1.29 is 4.42 Å². The van der Waals surface area contributed by atoms with Crippen LogP contribution in [0.2, 0.25) is 0 Å². The van der Waals surface area contributed by atoms with E-state index in [0.29, 0.717) is 21.6 Å². The Balaban J connectivity index is 2.39. The smallest absolute Gasteiger partial charge is 0.207 e. The molecule has 1 aromatic heterocycles. The van der Waals surface area contributed by atoms with Gasteiger partial charge in [0.2, 0.25) is 5.43 Å². The fraction of sp³-hybridized carbons (Fsp3) is 0. The minimum Gasteiger partial charge on any atom is -0.455 e. The summed E-state index contributed by atoms with van der Waals surface area (Å²) in [6, 6.07) is 17.1. The molecular formula is C15H9IO2S. The monoisotopic (exact) mass is 380 g/mol. The summed E-state index contributed by atoms with van der Waals surface area (Å²) in [6.07, 6.45) is 0. The Morgan fingerprint density at radius 1 is 0.947 bits per heavy atom. The molecule has 0 saturated carbocycles. The molecule has 94 valence electrons. The van der Waals surface area contributed by atoms with Gasteiger partial charge in [-0.15, -0.1) is 0 Å². The zero-order valence-corrected chi connectivity index (χ0v) is 12.8. The average molecular weight is 380 g/mol. The molecule has 0 aliphatic heterocycles. The lowest BCUT2D eigenvalue weighted by atomic mass is 10.1. The van der Waals surface area contributed by atoms with Gasteiger partial charge in [0.15, 0.2) is 5.76 Å². The summed E-state index contributed by atoms with van der Waals surface area (Å²) in [7, 11) is 1.40. The van der Waals surface area contributed by atoms with Gasteiger partial charge in [0.25, 0.3) is 0 Å². The summed E-state index contributed by atoms with van der Waals surface area (Å²) in [5, 5.41) is 0.626. The first-order chi connectivity index (χ1) is 9.31. The average Bonchev–Trinajstić information content (AvgIpc) is 2.48. The molecule has 4 heteroatoms. The molecule has 0 radical (unpaired) electrons. The fourth-order valence-corrected chi connectivity index (χ4v) is 3.58. The van der Waals surface area contributed by atoms with Gasteiger partial charge in [0, 0.05) is 26.8 Å². The normalized spacial score (nSPS) is 10.8. The highest BCUT2D eigenvalue weighted by Gasteiger charge is 2.15. The molecule has 0 bridgehead atoms. The topological polar surface area (TPSA) is 30.2 Å². The molecule has 3 aromatic rings. The third kappa shape index (κ3) is 2.30. The first-order valence-corrected chi connectivity index (χ1v) is 9.07. The number of fused-ring (bicyclic) bond motifs is 1. The molecule has 0 saturated heterocycles. The lowest BCUT2D eigenvalue weighted by Gasteiger charge is -2.07. The molecule has 0 fully saturated rings. The summed E-state index contributed by atoms with van der Waals surface area (Å²) in [5.41, 5.74) is 1.57. The predicted molar refractivity (Wildman–Crippen MR) is 87.8 cm³/mol. The molecule has 19 heavy (non-hydrogen) atoms. The highest BCUT2D eigenvalue weighted by atomic mass is 127. The molecule has 0 unspecified atom stereocenters. The van der Waals surface area contributed by atoms with Crippen molar-refractivity contribution in [3.8, 4) is 11.3 Å². The Bertz CT molecular complexity index is 781. The number of halogens is 1. The van der Waals surface area contributed by atoms with E-state index in [9.17, 15) is 4.79 Å². The second-order valence-corrected chi connectivity index (χ2v) is 5.91. The number of rotatable bonds is 2. The maximum atomic E-state index is 12.5. The van der Waals surface area contributed by atoms with Crippen LogP contribution in [0.1, 0.15) is 0 Å². The summed E-state index contributed by atoms with van der Waals surface area (Å²) >= 11 is 2.12. The zero-order chi connectivity index (χ0) is 13.2. The SMILES string of the molecule is O=c1c(SI)c(-c2ccccc2)oc2ccccc12. The van der Waals surface area contributed by atoms with Gasteiger partial charge in [-0.25, -0.2) is 0 Å². The molecule has 0 aliphatic carbocycles. The van der Waals surface area contributed by atoms with Crippen LogP contribution >= 0.6 is 30.1 Å². The summed E-state index contributed by atoms with van der Waals surface area (Å²) in [6.45, 7) is 0. The highest BCUT2D eigenvalue weighted by Crippen LogP contribution is 2.34. The molecule has 3 rings (SSSR count). The van der Waals surface area contributed by atoms with Crippen LogP contribution in [0.15, 0.2) is 68.7 Å². The number of benzene rings is 2. The molecule has 0 amide bonds. The van der Waals surface area contributed by atoms with Crippen LogP contribution in [-0.4, -0.2) is 0 Å². The van der Waals surface area contributed by atoms with Gasteiger partial charge >= 0.3 is 0 Å². The van der Waals surface area contributed by atoms with Gasteiger partial charge in [0.05, 0.1) is 5.39 Å². The Morgan fingerprint density at radius 3 is 2.37 bits per heavy atom. The van der Waals surface area contributed by atoms with Gasteiger partial charge in [-0.05, 0) is 21.1 Å². The van der Waals surface area contributed by atoms with Crippen LogP contribution < -0.4 is 5.43 Å². The van der Waals surface area contributed by atoms with Crippen molar-refractivity contribution in [1.82, 2.24) is 0 Å². The molecule has 2 aromatic carbocycles. The van der Waals surface area contributed by atoms with Gasteiger partial charge in [-0.2, -0.15) is 0 Å². The third-order valence-corrected chi connectivity index (χ3v) is 4.72. The minimum absolute atomic E-state index is 0.0279. The second kappa shape index (κ2) is 5.38. The van der Waals surface area contributed by atoms with Crippen molar-refractivity contribution >= 4 is 41.1 Å². The Hall–Kier alpha value is -1.27. The van der Waals surface area contributed by atoms with E-state index in [1.165, 1.54) is 8.93 Å². The van der Waals surface area contributed by atoms with Crippen molar-refractivity contribution in [2.75, 3.05) is 0 Å². The second-order valence-electron chi connectivity index (χ2n) is 4.03. The first-order valence-electron chi connectivity index (χ1n) is 5.71. The van der Waals surface area contributed by atoms with Crippen LogP contribution in [0, 0.1) is 0 Å². The standard InChI is InChI=1S/C15H9IO2S/c16-19-15-13(17)11-8-4-5-9-12(11)18-14(15)10-6-2-1-3-7-10/h1-9H. The van der Waals surface area contributed by atoms with Crippen LogP contribution in [0.4, 0.5) is 0 Å². The van der Waals surface area contributed by atoms with Crippen molar-refractivity contribution in [3.63, 3.8) is 0 Å². The number of hydrogen-bond acceptors (Lipinski definition) is 3. The Morgan fingerprint density at radius 2 is 1.63 bits per heavy atom. The number of hydrogen-bond donors (Lipinski definition) is 0. The summed E-state index contributed by atoms with van der Waals surface area (Å²) in [5.74, 6) is 0.642. The van der Waals surface area contributed by atoms with Crippen LogP contribution in [0.25, 0.3) is 22.3 Å². The van der Waals surface area contributed by atoms with Crippen molar-refractivity contribution in [3.05, 3.63) is 64.8 Å². The van der Waals surface area contributed by atoms with E-state index < -0.39 is 0 Å². The Labute approximate surface area is 126 Å². The van der Waals surface area contributed by atoms with E-state index in [0.717, 1.165) is 5.56 Å². The van der Waals surface area contributed by atoms with Gasteiger partial charge < -0.3 is 4.42 Å². The van der Waals surface area contributed by atoms with Gasteiger partial charge in [0.1, 0.15) is 10.5 Å². The fourth-order valence-electron chi connectivity index (χ4n) is 1.97. The quantitative estimate of drug-likeness (QED) is 0.593. The van der Waals surface area contributed by atoms with Crippen LogP contribution in [-0.2, 0) is 0 Å². The molecule has 0 atom stereocenters. The van der Waals surface area contributed by atoms with Gasteiger partial charge in [-0.3, -0.25) is 4.79 Å². The van der Waals surface area contributed by atoms with E-state index >= 15 is 0 Å². The van der Waals surface area contributed by atoms with E-state index in [1.807, 2.05) is 48.5 Å². The molecule has 2 nitrogen and oxygen atoms in total. The summed E-state index contributed by atoms with van der Waals surface area (Å²) < 4.78 is 5.93. The maximum Gasteiger partial charge on any atom is 0.207 e. The van der Waals surface area contributed by atoms with E-state index in [2.05, 4.69) is 21.2 Å². The Kier molecular flexibility index (Phi) is 3.61. The van der Waals surface area contributed by atoms with E-state index in [1.54, 1.807) is 6.07 Å². The van der Waals surface area contributed by atoms with E-state index in [4.69, 9.17) is 4.42 Å². The first kappa shape index (κ1) is 12.7. The minimum atomic E-state index is 0.0279. The highest BCUT2D eigenvalue weighted by molar-refractivity contribution is 14.2. The molecule has 0 N–H and O–H groups in total. The molecule has 0 aliphatic rings. The lowest BCUT2D eigenvalue weighted by Crippen LogP contribution is -2.05. The number of para-hydroxylation sites is 1. The largest absolute Gasteiger partial charge is 0.455 e. The van der Waals surface area contributed by atoms with Crippen molar-refractivity contribution in [2.45, 2.75) is 4.90 Å². The van der Waals surface area contributed by atoms with Crippen molar-refractivity contribution in [1.29, 1.82) is 0 Å². The molecule has 0 spiro atoms. The lowest BCUT2D eigenvalue weighted by molar-refractivity contribution is 0.605. The molecule has 1 heterocycles. The predicted octanol–water partition coefficient (Wildman–Crippen LogP) is 4.90.